The van der Waals surface area contributed by atoms with Gasteiger partial charge >= 0.3 is 11.9 Å². The van der Waals surface area contributed by atoms with Crippen molar-refractivity contribution >= 4 is 11.9 Å². The van der Waals surface area contributed by atoms with E-state index in [1.165, 1.54) is 7.11 Å². The number of methoxy groups -OCH3 is 1. The highest BCUT2D eigenvalue weighted by atomic mass is 16.5. The molecule has 0 bridgehead atoms. The Hall–Kier alpha value is -1.10. The van der Waals surface area contributed by atoms with Crippen LogP contribution >= 0.6 is 0 Å². The van der Waals surface area contributed by atoms with E-state index in [0.29, 0.717) is 13.0 Å². The van der Waals surface area contributed by atoms with E-state index in [9.17, 15) is 9.59 Å². The van der Waals surface area contributed by atoms with Crippen molar-refractivity contribution in [3.63, 3.8) is 0 Å². The lowest BCUT2D eigenvalue weighted by Crippen LogP contribution is -2.46. The maximum atomic E-state index is 11.5. The summed E-state index contributed by atoms with van der Waals surface area (Å²) in [6.07, 6.45) is 1.48. The van der Waals surface area contributed by atoms with Crippen molar-refractivity contribution in [3.05, 3.63) is 0 Å². The van der Waals surface area contributed by atoms with Gasteiger partial charge in [0.05, 0.1) is 13.7 Å². The molecule has 0 amide bonds. The summed E-state index contributed by atoms with van der Waals surface area (Å²) in [5.74, 6) is -0.703. The monoisotopic (exact) mass is 231 g/mol. The molecule has 0 aromatic rings. The van der Waals surface area contributed by atoms with Gasteiger partial charge in [-0.05, 0) is 20.3 Å². The fourth-order valence-corrected chi connectivity index (χ4v) is 1.35. The molecule has 0 aliphatic heterocycles. The maximum absolute atomic E-state index is 11.5. The molecule has 0 aromatic heterocycles. The van der Waals surface area contributed by atoms with Gasteiger partial charge in [0, 0.05) is 0 Å². The lowest BCUT2D eigenvalue weighted by molar-refractivity contribution is -0.147. The highest BCUT2D eigenvalue weighted by molar-refractivity contribution is 5.79. The minimum Gasteiger partial charge on any atom is -0.468 e. The van der Waals surface area contributed by atoms with Crippen LogP contribution < -0.4 is 5.32 Å². The molecule has 1 N–H and O–H groups in total. The highest BCUT2D eigenvalue weighted by Gasteiger charge is 2.23. The molecule has 0 fully saturated rings. The van der Waals surface area contributed by atoms with Gasteiger partial charge in [0.2, 0.25) is 0 Å². The molecule has 0 aliphatic rings. The predicted octanol–water partition coefficient (Wildman–Crippen LogP) is 0.869. The first kappa shape index (κ1) is 14.9. The van der Waals surface area contributed by atoms with Gasteiger partial charge in [0.25, 0.3) is 0 Å². The summed E-state index contributed by atoms with van der Waals surface area (Å²) in [4.78, 5) is 22.7. The Morgan fingerprint density at radius 3 is 2.31 bits per heavy atom. The fourth-order valence-electron chi connectivity index (χ4n) is 1.35. The van der Waals surface area contributed by atoms with Crippen molar-refractivity contribution in [1.29, 1.82) is 0 Å². The standard InChI is InChI=1S/C11H21NO4/c1-5-7-9(11(14)16-6-2)12-8(3)10(13)15-4/h8-9,12H,5-7H2,1-4H3. The highest BCUT2D eigenvalue weighted by Crippen LogP contribution is 2.02. The average molecular weight is 231 g/mol. The van der Waals surface area contributed by atoms with Gasteiger partial charge in [0.15, 0.2) is 0 Å². The summed E-state index contributed by atoms with van der Waals surface area (Å²) < 4.78 is 9.49. The van der Waals surface area contributed by atoms with Gasteiger partial charge in [0.1, 0.15) is 12.1 Å². The smallest absolute Gasteiger partial charge is 0.323 e. The first-order valence-electron chi connectivity index (χ1n) is 5.57. The summed E-state index contributed by atoms with van der Waals surface area (Å²) in [6.45, 7) is 5.72. The molecule has 0 saturated heterocycles. The van der Waals surface area contributed by atoms with Crippen LogP contribution in [0.1, 0.15) is 33.6 Å². The van der Waals surface area contributed by atoms with Gasteiger partial charge in [-0.15, -0.1) is 0 Å². The third kappa shape index (κ3) is 5.11. The normalized spacial score (nSPS) is 14.0. The second kappa shape index (κ2) is 8.10. The molecule has 0 saturated carbocycles. The zero-order chi connectivity index (χ0) is 12.6. The molecule has 2 atom stereocenters. The topological polar surface area (TPSA) is 64.6 Å². The molecule has 0 rings (SSSR count). The van der Waals surface area contributed by atoms with Crippen molar-refractivity contribution in [2.75, 3.05) is 13.7 Å². The minimum absolute atomic E-state index is 0.319. The molecule has 2 unspecified atom stereocenters. The van der Waals surface area contributed by atoms with Crippen molar-refractivity contribution < 1.29 is 19.1 Å². The average Bonchev–Trinajstić information content (AvgIpc) is 2.27. The second-order valence-corrected chi connectivity index (χ2v) is 3.50. The Bertz CT molecular complexity index is 230. The van der Waals surface area contributed by atoms with Crippen LogP contribution in [0.4, 0.5) is 0 Å². The predicted molar refractivity (Wildman–Crippen MR) is 59.9 cm³/mol. The molecule has 5 heteroatoms. The first-order valence-corrected chi connectivity index (χ1v) is 5.57. The minimum atomic E-state index is -0.508. The van der Waals surface area contributed by atoms with E-state index in [-0.39, 0.29) is 11.9 Å². The summed E-state index contributed by atoms with van der Waals surface area (Å²) in [6, 6.07) is -0.954. The largest absolute Gasteiger partial charge is 0.468 e. The summed E-state index contributed by atoms with van der Waals surface area (Å²) in [7, 11) is 1.32. The number of nitrogens with one attached hydrogen (secondary N) is 1. The van der Waals surface area contributed by atoms with Crippen molar-refractivity contribution in [2.24, 2.45) is 0 Å². The molecule has 0 heterocycles. The Labute approximate surface area is 96.5 Å². The summed E-state index contributed by atoms with van der Waals surface area (Å²) >= 11 is 0. The van der Waals surface area contributed by atoms with E-state index in [1.807, 2.05) is 6.92 Å². The van der Waals surface area contributed by atoms with E-state index >= 15 is 0 Å². The van der Waals surface area contributed by atoms with Crippen LogP contribution in [0.15, 0.2) is 0 Å². The Morgan fingerprint density at radius 2 is 1.88 bits per heavy atom. The second-order valence-electron chi connectivity index (χ2n) is 3.50. The molecule has 16 heavy (non-hydrogen) atoms. The quantitative estimate of drug-likeness (QED) is 0.659. The molecular weight excluding hydrogens is 210 g/mol. The zero-order valence-corrected chi connectivity index (χ0v) is 10.4. The van der Waals surface area contributed by atoms with Gasteiger partial charge in [-0.1, -0.05) is 13.3 Å². The van der Waals surface area contributed by atoms with Crippen LogP contribution in [0.25, 0.3) is 0 Å². The van der Waals surface area contributed by atoms with Gasteiger partial charge in [-0.3, -0.25) is 14.9 Å². The lowest BCUT2D eigenvalue weighted by Gasteiger charge is -2.19. The first-order chi connectivity index (χ1) is 7.56. The lowest BCUT2D eigenvalue weighted by atomic mass is 10.1. The van der Waals surface area contributed by atoms with Crippen LogP contribution in [-0.2, 0) is 19.1 Å². The Balaban J connectivity index is 4.31. The summed E-state index contributed by atoms with van der Waals surface area (Å²) in [5, 5.41) is 2.90. The zero-order valence-electron chi connectivity index (χ0n) is 10.4. The number of ether oxygens (including phenoxy) is 2. The van der Waals surface area contributed by atoms with E-state index in [0.717, 1.165) is 6.42 Å². The molecule has 0 spiro atoms. The maximum Gasteiger partial charge on any atom is 0.323 e. The van der Waals surface area contributed by atoms with Crippen molar-refractivity contribution in [1.82, 2.24) is 5.32 Å². The third-order valence-electron chi connectivity index (χ3n) is 2.15. The summed E-state index contributed by atoms with van der Waals surface area (Å²) in [5.41, 5.74) is 0. The van der Waals surface area contributed by atoms with E-state index < -0.39 is 12.1 Å². The fraction of sp³-hybridized carbons (Fsp3) is 0.818. The molecule has 0 radical (unpaired) electrons. The third-order valence-corrected chi connectivity index (χ3v) is 2.15. The van der Waals surface area contributed by atoms with Gasteiger partial charge < -0.3 is 9.47 Å². The number of rotatable bonds is 7. The van der Waals surface area contributed by atoms with Crippen molar-refractivity contribution in [2.45, 2.75) is 45.7 Å². The number of carbonyl (C=O) groups excluding carboxylic acids is 2. The Morgan fingerprint density at radius 1 is 1.25 bits per heavy atom. The molecule has 94 valence electrons. The van der Waals surface area contributed by atoms with E-state index in [1.54, 1.807) is 13.8 Å². The van der Waals surface area contributed by atoms with Crippen LogP contribution in [0.5, 0.6) is 0 Å². The number of esters is 2. The number of hydrogen-bond acceptors (Lipinski definition) is 5. The number of carbonyl (C=O) groups is 2. The molecule has 5 nitrogen and oxygen atoms in total. The van der Waals surface area contributed by atoms with Crippen LogP contribution in [0, 0.1) is 0 Å². The van der Waals surface area contributed by atoms with Crippen LogP contribution in [0.2, 0.25) is 0 Å². The molecule has 0 aliphatic carbocycles. The number of hydrogen-bond donors (Lipinski definition) is 1. The van der Waals surface area contributed by atoms with Crippen molar-refractivity contribution in [3.8, 4) is 0 Å². The van der Waals surface area contributed by atoms with Crippen LogP contribution in [0.3, 0.4) is 0 Å². The Kier molecular flexibility index (Phi) is 7.54. The van der Waals surface area contributed by atoms with E-state index in [2.05, 4.69) is 10.1 Å². The van der Waals surface area contributed by atoms with Gasteiger partial charge in [-0.25, -0.2) is 0 Å². The SMILES string of the molecule is CCCC(NC(C)C(=O)OC)C(=O)OCC. The van der Waals surface area contributed by atoms with Crippen LogP contribution in [-0.4, -0.2) is 37.7 Å². The molecular formula is C11H21NO4. The molecule has 0 aromatic carbocycles. The van der Waals surface area contributed by atoms with Gasteiger partial charge in [-0.2, -0.15) is 0 Å². The van der Waals surface area contributed by atoms with E-state index in [4.69, 9.17) is 4.74 Å².